The number of carboxylic acid groups (broad SMARTS) is 1. The Bertz CT molecular complexity index is 432. The van der Waals surface area contributed by atoms with Crippen molar-refractivity contribution in [3.05, 3.63) is 28.8 Å². The first-order valence-corrected chi connectivity index (χ1v) is 4.49. The van der Waals surface area contributed by atoms with Gasteiger partial charge in [-0.1, -0.05) is 6.92 Å². The Morgan fingerprint density at radius 1 is 1.60 bits per heavy atom. The van der Waals surface area contributed by atoms with E-state index in [1.807, 2.05) is 13.0 Å². The first-order valence-electron chi connectivity index (χ1n) is 4.49. The van der Waals surface area contributed by atoms with Gasteiger partial charge in [-0.25, -0.2) is 4.79 Å². The van der Waals surface area contributed by atoms with Gasteiger partial charge in [0, 0.05) is 5.56 Å². The molecule has 0 radical (unpaired) electrons. The SMILES string of the molecule is CCc1c(OC)ccc(C(=O)O)c1C#N. The Balaban J connectivity index is 3.50. The predicted molar refractivity (Wildman–Crippen MR) is 54.0 cm³/mol. The van der Waals surface area contributed by atoms with Gasteiger partial charge in [-0.05, 0) is 18.6 Å². The number of ether oxygens (including phenoxy) is 1. The van der Waals surface area contributed by atoms with Crippen molar-refractivity contribution >= 4 is 5.97 Å². The molecule has 0 fully saturated rings. The van der Waals surface area contributed by atoms with E-state index in [2.05, 4.69) is 0 Å². The highest BCUT2D eigenvalue weighted by Crippen LogP contribution is 2.25. The maximum absolute atomic E-state index is 10.9. The second kappa shape index (κ2) is 4.47. The van der Waals surface area contributed by atoms with E-state index in [0.29, 0.717) is 17.7 Å². The van der Waals surface area contributed by atoms with Crippen molar-refractivity contribution < 1.29 is 14.6 Å². The minimum Gasteiger partial charge on any atom is -0.496 e. The standard InChI is InChI=1S/C11H11NO3/c1-3-7-9(6-12)8(11(13)14)4-5-10(7)15-2/h4-5H,3H2,1-2H3,(H,13,14). The number of carbonyl (C=O) groups is 1. The fourth-order valence-corrected chi connectivity index (χ4v) is 1.48. The quantitative estimate of drug-likeness (QED) is 0.817. The molecule has 0 unspecified atom stereocenters. The van der Waals surface area contributed by atoms with Gasteiger partial charge in [0.05, 0.1) is 18.2 Å². The molecule has 1 N–H and O–H groups in total. The monoisotopic (exact) mass is 205 g/mol. The van der Waals surface area contributed by atoms with E-state index in [9.17, 15) is 4.79 Å². The van der Waals surface area contributed by atoms with Crippen LogP contribution in [0.5, 0.6) is 5.75 Å². The normalized spacial score (nSPS) is 9.40. The second-order valence-corrected chi connectivity index (χ2v) is 2.94. The van der Waals surface area contributed by atoms with Crippen molar-refractivity contribution in [2.45, 2.75) is 13.3 Å². The number of nitriles is 1. The lowest BCUT2D eigenvalue weighted by molar-refractivity contribution is 0.0696. The molecule has 78 valence electrons. The van der Waals surface area contributed by atoms with Crippen molar-refractivity contribution in [1.82, 2.24) is 0 Å². The first kappa shape index (κ1) is 11.1. The topological polar surface area (TPSA) is 70.3 Å². The van der Waals surface area contributed by atoms with Crippen molar-refractivity contribution in [2.75, 3.05) is 7.11 Å². The van der Waals surface area contributed by atoms with E-state index < -0.39 is 5.97 Å². The number of aromatic carboxylic acids is 1. The molecule has 1 aromatic carbocycles. The third kappa shape index (κ3) is 1.91. The second-order valence-electron chi connectivity index (χ2n) is 2.94. The maximum atomic E-state index is 10.9. The van der Waals surface area contributed by atoms with E-state index in [0.717, 1.165) is 0 Å². The molecule has 0 spiro atoms. The van der Waals surface area contributed by atoms with E-state index in [1.165, 1.54) is 13.2 Å². The summed E-state index contributed by atoms with van der Waals surface area (Å²) in [6.45, 7) is 1.85. The van der Waals surface area contributed by atoms with Gasteiger partial charge in [0.2, 0.25) is 0 Å². The molecule has 1 rings (SSSR count). The summed E-state index contributed by atoms with van der Waals surface area (Å²) in [5.41, 5.74) is 0.847. The molecule has 0 saturated heterocycles. The summed E-state index contributed by atoms with van der Waals surface area (Å²) in [7, 11) is 1.50. The number of carboxylic acids is 1. The van der Waals surface area contributed by atoms with Crippen molar-refractivity contribution in [3.63, 3.8) is 0 Å². The van der Waals surface area contributed by atoms with E-state index in [1.54, 1.807) is 6.07 Å². The fourth-order valence-electron chi connectivity index (χ4n) is 1.48. The van der Waals surface area contributed by atoms with Crippen molar-refractivity contribution in [2.24, 2.45) is 0 Å². The smallest absolute Gasteiger partial charge is 0.337 e. The van der Waals surface area contributed by atoms with Crippen molar-refractivity contribution in [3.8, 4) is 11.8 Å². The third-order valence-corrected chi connectivity index (χ3v) is 2.19. The van der Waals surface area contributed by atoms with Gasteiger partial charge in [-0.2, -0.15) is 5.26 Å². The molecule has 0 saturated carbocycles. The molecule has 0 aliphatic heterocycles. The number of hydrogen-bond donors (Lipinski definition) is 1. The lowest BCUT2D eigenvalue weighted by Gasteiger charge is -2.10. The third-order valence-electron chi connectivity index (χ3n) is 2.19. The zero-order valence-corrected chi connectivity index (χ0v) is 8.57. The van der Waals surface area contributed by atoms with Crippen LogP contribution >= 0.6 is 0 Å². The van der Waals surface area contributed by atoms with Gasteiger partial charge in [0.15, 0.2) is 0 Å². The van der Waals surface area contributed by atoms with Crippen LogP contribution in [0.3, 0.4) is 0 Å². The van der Waals surface area contributed by atoms with E-state index in [4.69, 9.17) is 15.1 Å². The average molecular weight is 205 g/mol. The number of methoxy groups -OCH3 is 1. The zero-order valence-electron chi connectivity index (χ0n) is 8.57. The molecule has 0 bridgehead atoms. The molecule has 0 aliphatic carbocycles. The van der Waals surface area contributed by atoms with Crippen LogP contribution in [-0.4, -0.2) is 18.2 Å². The molecule has 15 heavy (non-hydrogen) atoms. The Morgan fingerprint density at radius 3 is 2.67 bits per heavy atom. The minimum atomic E-state index is -1.09. The highest BCUT2D eigenvalue weighted by molar-refractivity contribution is 5.91. The molecule has 4 heteroatoms. The Kier molecular flexibility index (Phi) is 3.29. The van der Waals surface area contributed by atoms with E-state index >= 15 is 0 Å². The van der Waals surface area contributed by atoms with Gasteiger partial charge in [0.25, 0.3) is 0 Å². The van der Waals surface area contributed by atoms with Gasteiger partial charge in [-0.3, -0.25) is 0 Å². The van der Waals surface area contributed by atoms with Crippen LogP contribution in [0.15, 0.2) is 12.1 Å². The average Bonchev–Trinajstić information content (AvgIpc) is 2.26. The minimum absolute atomic E-state index is 0.0233. The van der Waals surface area contributed by atoms with E-state index in [-0.39, 0.29) is 11.1 Å². The largest absolute Gasteiger partial charge is 0.496 e. The number of benzene rings is 1. The summed E-state index contributed by atoms with van der Waals surface area (Å²) in [6.07, 6.45) is 0.563. The molecule has 0 amide bonds. The van der Waals surface area contributed by atoms with Gasteiger partial charge < -0.3 is 9.84 Å². The maximum Gasteiger partial charge on any atom is 0.337 e. The van der Waals surface area contributed by atoms with Crippen LogP contribution in [0, 0.1) is 11.3 Å². The summed E-state index contributed by atoms with van der Waals surface area (Å²) in [5, 5.41) is 17.8. The van der Waals surface area contributed by atoms with Gasteiger partial charge in [-0.15, -0.1) is 0 Å². The molecule has 0 atom stereocenters. The highest BCUT2D eigenvalue weighted by Gasteiger charge is 2.16. The zero-order chi connectivity index (χ0) is 11.4. The Morgan fingerprint density at radius 2 is 2.27 bits per heavy atom. The summed E-state index contributed by atoms with van der Waals surface area (Å²) < 4.78 is 5.07. The van der Waals surface area contributed by atoms with Crippen LogP contribution in [-0.2, 0) is 6.42 Å². The summed E-state index contributed by atoms with van der Waals surface area (Å²) in [4.78, 5) is 10.9. The summed E-state index contributed by atoms with van der Waals surface area (Å²) >= 11 is 0. The fraction of sp³-hybridized carbons (Fsp3) is 0.273. The van der Waals surface area contributed by atoms with Crippen LogP contribution in [0.2, 0.25) is 0 Å². The van der Waals surface area contributed by atoms with Crippen LogP contribution in [0.25, 0.3) is 0 Å². The molecule has 0 heterocycles. The van der Waals surface area contributed by atoms with Crippen LogP contribution < -0.4 is 4.74 Å². The number of hydrogen-bond acceptors (Lipinski definition) is 3. The lowest BCUT2D eigenvalue weighted by Crippen LogP contribution is -2.04. The Hall–Kier alpha value is -2.02. The lowest BCUT2D eigenvalue weighted by atomic mass is 9.99. The number of rotatable bonds is 3. The molecule has 0 aliphatic rings. The predicted octanol–water partition coefficient (Wildman–Crippen LogP) is 1.83. The van der Waals surface area contributed by atoms with Crippen LogP contribution in [0.1, 0.15) is 28.4 Å². The van der Waals surface area contributed by atoms with Gasteiger partial charge in [0.1, 0.15) is 11.8 Å². The summed E-state index contributed by atoms with van der Waals surface area (Å²) in [6, 6.07) is 4.87. The van der Waals surface area contributed by atoms with Crippen molar-refractivity contribution in [1.29, 1.82) is 5.26 Å². The Labute approximate surface area is 87.7 Å². The van der Waals surface area contributed by atoms with Crippen LogP contribution in [0.4, 0.5) is 0 Å². The molecule has 4 nitrogen and oxygen atoms in total. The van der Waals surface area contributed by atoms with Gasteiger partial charge >= 0.3 is 5.97 Å². The summed E-state index contributed by atoms with van der Waals surface area (Å²) in [5.74, 6) is -0.539. The highest BCUT2D eigenvalue weighted by atomic mass is 16.5. The first-order chi connectivity index (χ1) is 7.15. The number of nitrogens with zero attached hydrogens (tertiary/aromatic N) is 1. The molecular formula is C11H11NO3. The molecule has 0 aromatic heterocycles. The molecule has 1 aromatic rings. The molecular weight excluding hydrogens is 194 g/mol.